The summed E-state index contributed by atoms with van der Waals surface area (Å²) in [4.78, 5) is 28.9. The fraction of sp³-hybridized carbons (Fsp3) is 0.643. The lowest BCUT2D eigenvalue weighted by Crippen LogP contribution is -2.39. The lowest BCUT2D eigenvalue weighted by Gasteiger charge is -2.09. The highest BCUT2D eigenvalue weighted by Crippen LogP contribution is 2.09. The maximum Gasteiger partial charge on any atom is 0.332 e. The zero-order chi connectivity index (χ0) is 14.9. The summed E-state index contributed by atoms with van der Waals surface area (Å²) in [6, 6.07) is 0. The summed E-state index contributed by atoms with van der Waals surface area (Å²) >= 11 is 0. The number of hydrogen-bond donors (Lipinski definition) is 0. The molecule has 110 valence electrons. The first-order valence-corrected chi connectivity index (χ1v) is 7.12. The molecular formula is C14H22N4O2. The fourth-order valence-electron chi connectivity index (χ4n) is 2.31. The Balaban J connectivity index is 2.65. The molecule has 0 aromatic carbocycles. The van der Waals surface area contributed by atoms with Gasteiger partial charge in [0.05, 0.1) is 6.33 Å². The molecule has 0 spiro atoms. The number of aromatic nitrogens is 4. The molecule has 2 heterocycles. The van der Waals surface area contributed by atoms with Gasteiger partial charge in [-0.1, -0.05) is 20.8 Å². The van der Waals surface area contributed by atoms with Gasteiger partial charge in [-0.05, 0) is 18.8 Å². The molecule has 0 aliphatic carbocycles. The summed E-state index contributed by atoms with van der Waals surface area (Å²) in [5.74, 6) is 0.554. The highest BCUT2D eigenvalue weighted by atomic mass is 16.2. The van der Waals surface area contributed by atoms with Gasteiger partial charge in [-0.25, -0.2) is 9.78 Å². The number of rotatable bonds is 5. The molecule has 0 unspecified atom stereocenters. The van der Waals surface area contributed by atoms with E-state index in [2.05, 4.69) is 18.8 Å². The lowest BCUT2D eigenvalue weighted by atomic mass is 10.1. The number of nitrogens with zero attached hydrogens (tertiary/aromatic N) is 4. The summed E-state index contributed by atoms with van der Waals surface area (Å²) in [5, 5.41) is 0. The van der Waals surface area contributed by atoms with Crippen molar-refractivity contribution in [2.75, 3.05) is 0 Å². The second-order valence-electron chi connectivity index (χ2n) is 5.59. The van der Waals surface area contributed by atoms with Gasteiger partial charge >= 0.3 is 5.69 Å². The van der Waals surface area contributed by atoms with Crippen molar-refractivity contribution in [1.82, 2.24) is 18.7 Å². The monoisotopic (exact) mass is 278 g/mol. The minimum atomic E-state index is -0.293. The molecule has 0 saturated carbocycles. The summed E-state index contributed by atoms with van der Waals surface area (Å²) in [6.07, 6.45) is 3.38. The van der Waals surface area contributed by atoms with E-state index in [0.717, 1.165) is 19.4 Å². The van der Waals surface area contributed by atoms with Crippen LogP contribution in [0.3, 0.4) is 0 Å². The van der Waals surface area contributed by atoms with E-state index >= 15 is 0 Å². The van der Waals surface area contributed by atoms with Crippen LogP contribution in [0.1, 0.15) is 33.6 Å². The Morgan fingerprint density at radius 1 is 1.25 bits per heavy atom. The van der Waals surface area contributed by atoms with Crippen molar-refractivity contribution in [3.63, 3.8) is 0 Å². The smallest absolute Gasteiger partial charge is 0.325 e. The molecule has 2 aromatic rings. The Kier molecular flexibility index (Phi) is 4.11. The van der Waals surface area contributed by atoms with Crippen molar-refractivity contribution >= 4 is 11.2 Å². The molecule has 0 fully saturated rings. The van der Waals surface area contributed by atoms with Gasteiger partial charge in [0.15, 0.2) is 11.2 Å². The SMILES string of the molecule is CCCn1c(=O)c2c(ncn2CCC(C)C)n(C)c1=O. The Morgan fingerprint density at radius 3 is 2.55 bits per heavy atom. The maximum atomic E-state index is 12.5. The molecule has 0 N–H and O–H groups in total. The predicted octanol–water partition coefficient (Wildman–Crippen LogP) is 1.35. The van der Waals surface area contributed by atoms with Crippen molar-refractivity contribution in [3.8, 4) is 0 Å². The first-order chi connectivity index (χ1) is 9.47. The molecule has 0 amide bonds. The van der Waals surface area contributed by atoms with E-state index in [1.54, 1.807) is 13.4 Å². The van der Waals surface area contributed by atoms with Crippen LogP contribution >= 0.6 is 0 Å². The number of fused-ring (bicyclic) bond motifs is 1. The van der Waals surface area contributed by atoms with E-state index < -0.39 is 0 Å². The van der Waals surface area contributed by atoms with Crippen LogP contribution in [0.4, 0.5) is 0 Å². The second-order valence-corrected chi connectivity index (χ2v) is 5.59. The highest BCUT2D eigenvalue weighted by Gasteiger charge is 2.15. The van der Waals surface area contributed by atoms with Crippen molar-refractivity contribution in [2.45, 2.75) is 46.7 Å². The number of aryl methyl sites for hydroxylation is 2. The van der Waals surface area contributed by atoms with Gasteiger partial charge in [-0.15, -0.1) is 0 Å². The lowest BCUT2D eigenvalue weighted by molar-refractivity contribution is 0.520. The van der Waals surface area contributed by atoms with Crippen molar-refractivity contribution < 1.29 is 0 Å². The van der Waals surface area contributed by atoms with Crippen LogP contribution in [-0.4, -0.2) is 18.7 Å². The van der Waals surface area contributed by atoms with E-state index in [-0.39, 0.29) is 11.2 Å². The molecular weight excluding hydrogens is 256 g/mol. The van der Waals surface area contributed by atoms with Crippen LogP contribution in [-0.2, 0) is 20.1 Å². The number of hydrogen-bond acceptors (Lipinski definition) is 3. The van der Waals surface area contributed by atoms with Crippen LogP contribution in [0.5, 0.6) is 0 Å². The Morgan fingerprint density at radius 2 is 1.95 bits per heavy atom. The summed E-state index contributed by atoms with van der Waals surface area (Å²) in [6.45, 7) is 7.42. The van der Waals surface area contributed by atoms with E-state index in [9.17, 15) is 9.59 Å². The molecule has 0 radical (unpaired) electrons. The predicted molar refractivity (Wildman–Crippen MR) is 79.0 cm³/mol. The molecule has 0 saturated heterocycles. The topological polar surface area (TPSA) is 61.8 Å². The van der Waals surface area contributed by atoms with E-state index in [0.29, 0.717) is 23.6 Å². The second kappa shape index (κ2) is 5.64. The number of imidazole rings is 1. The standard InChI is InChI=1S/C14H22N4O2/c1-5-7-18-13(19)11-12(16(4)14(18)20)15-9-17(11)8-6-10(2)3/h9-10H,5-8H2,1-4H3. The van der Waals surface area contributed by atoms with Crippen LogP contribution < -0.4 is 11.2 Å². The van der Waals surface area contributed by atoms with E-state index in [1.165, 1.54) is 9.13 Å². The van der Waals surface area contributed by atoms with Crippen LogP contribution in [0.15, 0.2) is 15.9 Å². The zero-order valence-corrected chi connectivity index (χ0v) is 12.6. The van der Waals surface area contributed by atoms with Gasteiger partial charge in [0.25, 0.3) is 5.56 Å². The molecule has 0 aliphatic heterocycles. The average Bonchev–Trinajstić information content (AvgIpc) is 2.83. The van der Waals surface area contributed by atoms with Crippen LogP contribution in [0, 0.1) is 5.92 Å². The summed E-state index contributed by atoms with van der Waals surface area (Å²) in [7, 11) is 1.66. The van der Waals surface area contributed by atoms with Gasteiger partial charge in [0.1, 0.15) is 0 Å². The average molecular weight is 278 g/mol. The molecule has 2 rings (SSSR count). The third-order valence-electron chi connectivity index (χ3n) is 3.50. The quantitative estimate of drug-likeness (QED) is 0.829. The molecule has 6 nitrogen and oxygen atoms in total. The first kappa shape index (κ1) is 14.6. The zero-order valence-electron chi connectivity index (χ0n) is 12.6. The van der Waals surface area contributed by atoms with Crippen molar-refractivity contribution in [1.29, 1.82) is 0 Å². The maximum absolute atomic E-state index is 12.5. The van der Waals surface area contributed by atoms with E-state index in [1.807, 2.05) is 11.5 Å². The first-order valence-electron chi connectivity index (χ1n) is 7.12. The van der Waals surface area contributed by atoms with Crippen LogP contribution in [0.25, 0.3) is 11.2 Å². The van der Waals surface area contributed by atoms with Gasteiger partial charge in [-0.2, -0.15) is 0 Å². The summed E-state index contributed by atoms with van der Waals surface area (Å²) in [5.41, 5.74) is 0.474. The fourth-order valence-corrected chi connectivity index (χ4v) is 2.31. The summed E-state index contributed by atoms with van der Waals surface area (Å²) < 4.78 is 4.62. The largest absolute Gasteiger partial charge is 0.332 e. The molecule has 0 atom stereocenters. The molecule has 20 heavy (non-hydrogen) atoms. The van der Waals surface area contributed by atoms with Gasteiger partial charge in [-0.3, -0.25) is 13.9 Å². The van der Waals surface area contributed by atoms with Gasteiger partial charge in [0.2, 0.25) is 0 Å². The van der Waals surface area contributed by atoms with Crippen molar-refractivity contribution in [2.24, 2.45) is 13.0 Å². The van der Waals surface area contributed by atoms with Crippen LogP contribution in [0.2, 0.25) is 0 Å². The third kappa shape index (κ3) is 2.42. The normalized spacial score (nSPS) is 11.7. The van der Waals surface area contributed by atoms with Gasteiger partial charge < -0.3 is 4.57 Å². The Hall–Kier alpha value is -1.85. The molecule has 2 aromatic heterocycles. The minimum Gasteiger partial charge on any atom is -0.325 e. The third-order valence-corrected chi connectivity index (χ3v) is 3.50. The molecule has 0 bridgehead atoms. The highest BCUT2D eigenvalue weighted by molar-refractivity contribution is 5.69. The van der Waals surface area contributed by atoms with Crippen molar-refractivity contribution in [3.05, 3.63) is 27.2 Å². The molecule has 6 heteroatoms. The van der Waals surface area contributed by atoms with Gasteiger partial charge in [0, 0.05) is 20.1 Å². The Labute approximate surface area is 117 Å². The molecule has 0 aliphatic rings. The minimum absolute atomic E-state index is 0.230. The Bertz CT molecular complexity index is 721. The van der Waals surface area contributed by atoms with E-state index in [4.69, 9.17) is 0 Å².